The highest BCUT2D eigenvalue weighted by atomic mass is 33.1. The lowest BCUT2D eigenvalue weighted by Crippen LogP contribution is -2.48. The Morgan fingerprint density at radius 3 is 2.59 bits per heavy atom. The first-order valence-corrected chi connectivity index (χ1v) is 23.3. The minimum atomic E-state index is -0.315. The van der Waals surface area contributed by atoms with Crippen LogP contribution in [0.2, 0.25) is 0 Å². The van der Waals surface area contributed by atoms with Crippen LogP contribution in [-0.4, -0.2) is 116 Å². The molecule has 14 nitrogen and oxygen atoms in total. The first kappa shape index (κ1) is 45.8. The lowest BCUT2D eigenvalue weighted by molar-refractivity contribution is -0.139. The molecule has 1 unspecified atom stereocenters. The van der Waals surface area contributed by atoms with Gasteiger partial charge in [-0.3, -0.25) is 29.0 Å². The number of hydrogen-bond donors (Lipinski definition) is 3. The summed E-state index contributed by atoms with van der Waals surface area (Å²) < 4.78 is 7.91. The summed E-state index contributed by atoms with van der Waals surface area (Å²) in [6.45, 7) is 14.2. The Kier molecular flexibility index (Phi) is 17.4. The summed E-state index contributed by atoms with van der Waals surface area (Å²) in [4.78, 5) is 65.0. The Bertz CT molecular complexity index is 1930. The largest absolute Gasteiger partial charge is 0.496 e. The van der Waals surface area contributed by atoms with Gasteiger partial charge in [0.1, 0.15) is 11.3 Å². The molecule has 0 spiro atoms. The van der Waals surface area contributed by atoms with Gasteiger partial charge in [-0.2, -0.15) is 4.98 Å². The number of aromatic nitrogens is 3. The van der Waals surface area contributed by atoms with Crippen LogP contribution in [0.15, 0.2) is 42.6 Å². The lowest BCUT2D eigenvalue weighted by atomic mass is 10.0. The van der Waals surface area contributed by atoms with Gasteiger partial charge in [-0.1, -0.05) is 65.6 Å². The van der Waals surface area contributed by atoms with Crippen LogP contribution in [0.1, 0.15) is 90.2 Å². The molecule has 2 aliphatic rings. The Hall–Kier alpha value is -4.28. The smallest absolute Gasteiger partial charge is 0.233 e. The van der Waals surface area contributed by atoms with Crippen molar-refractivity contribution in [2.24, 2.45) is 5.92 Å². The standard InChI is InChI=1S/C43H63N9O5S2/c1-6-8-10-18-46-40-39-34(47-42(44)48-40)15-20-51(39)30-33-13-12-31(27-35(33)57-5)29-49-22-24-50(25-23-49)37(54)14-17-43(3,4)59-58-26-19-45-36(53)16-21-52-38(55)28-32(41(52)56)11-9-7-2/h7,9,12-13,15,20,27,32H,6,8,10-11,14,16-19,21-26,28-30H2,1-5H3,(H,45,53)(H3,44,46,47,48)/b9-7-. The first-order valence-electron chi connectivity index (χ1n) is 21.0. The predicted octanol–water partition coefficient (Wildman–Crippen LogP) is 6.10. The van der Waals surface area contributed by atoms with Crippen LogP contribution in [0, 0.1) is 5.92 Å². The number of benzene rings is 1. The van der Waals surface area contributed by atoms with Crippen LogP contribution in [0.4, 0.5) is 11.8 Å². The zero-order valence-corrected chi connectivity index (χ0v) is 37.1. The zero-order chi connectivity index (χ0) is 42.4. The topological polar surface area (TPSA) is 168 Å². The molecule has 59 heavy (non-hydrogen) atoms. The van der Waals surface area contributed by atoms with Crippen molar-refractivity contribution in [3.8, 4) is 5.75 Å². The second-order valence-corrected chi connectivity index (χ2v) is 19.0. The highest BCUT2D eigenvalue weighted by Gasteiger charge is 2.37. The second kappa shape index (κ2) is 22.4. The Balaban J connectivity index is 0.993. The summed E-state index contributed by atoms with van der Waals surface area (Å²) in [5, 5.41) is 6.37. The molecule has 1 atom stereocenters. The number of amides is 4. The molecule has 0 radical (unpaired) electrons. The Morgan fingerprint density at radius 2 is 1.85 bits per heavy atom. The SMILES string of the molecule is C/C=C\CC1CC(=O)N(CCC(=O)NCCSSC(C)(C)CCC(=O)N2CCN(Cc3ccc(Cn4ccc5nc(N)nc(NCCCCC)c54)c(OC)c3)CC2)C1=O. The van der Waals surface area contributed by atoms with Gasteiger partial charge in [-0.15, -0.1) is 0 Å². The molecule has 1 aromatic carbocycles. The number of rotatable bonds is 23. The molecule has 2 aromatic heterocycles. The van der Waals surface area contributed by atoms with E-state index in [0.29, 0.717) is 44.8 Å². The molecule has 0 bridgehead atoms. The molecule has 2 aliphatic heterocycles. The molecule has 3 aromatic rings. The number of anilines is 2. The number of carbonyl (C=O) groups excluding carboxylic acids is 4. The molecule has 0 aliphatic carbocycles. The normalized spacial score (nSPS) is 16.5. The van der Waals surface area contributed by atoms with E-state index in [2.05, 4.69) is 69.0 Å². The number of carbonyl (C=O) groups is 4. The van der Waals surface area contributed by atoms with E-state index in [1.165, 1.54) is 4.90 Å². The van der Waals surface area contributed by atoms with Crippen molar-refractivity contribution in [2.75, 3.05) is 69.7 Å². The maximum absolute atomic E-state index is 13.2. The number of nitrogens with one attached hydrogen (secondary N) is 2. The van der Waals surface area contributed by atoms with E-state index in [1.54, 1.807) is 28.7 Å². The van der Waals surface area contributed by atoms with Gasteiger partial charge in [0.25, 0.3) is 0 Å². The van der Waals surface area contributed by atoms with Crippen LogP contribution in [0.25, 0.3) is 11.0 Å². The van der Waals surface area contributed by atoms with Gasteiger partial charge < -0.3 is 30.6 Å². The fraction of sp³-hybridized carbons (Fsp3) is 0.581. The summed E-state index contributed by atoms with van der Waals surface area (Å²) in [6, 6.07) is 8.38. The predicted molar refractivity (Wildman–Crippen MR) is 239 cm³/mol. The average molecular weight is 850 g/mol. The Labute approximate surface area is 357 Å². The highest BCUT2D eigenvalue weighted by molar-refractivity contribution is 8.77. The fourth-order valence-electron chi connectivity index (χ4n) is 7.39. The molecular weight excluding hydrogens is 787 g/mol. The minimum absolute atomic E-state index is 0.106. The van der Waals surface area contributed by atoms with E-state index in [4.69, 9.17) is 10.5 Å². The number of ether oxygens (including phenoxy) is 1. The van der Waals surface area contributed by atoms with Crippen LogP contribution >= 0.6 is 21.6 Å². The van der Waals surface area contributed by atoms with Crippen molar-refractivity contribution in [3.05, 3.63) is 53.7 Å². The molecule has 2 fully saturated rings. The highest BCUT2D eigenvalue weighted by Crippen LogP contribution is 2.38. The third-order valence-electron chi connectivity index (χ3n) is 10.8. The van der Waals surface area contributed by atoms with E-state index in [9.17, 15) is 19.2 Å². The van der Waals surface area contributed by atoms with E-state index in [-0.39, 0.29) is 59.6 Å². The van der Waals surface area contributed by atoms with Crippen LogP contribution < -0.4 is 21.1 Å². The minimum Gasteiger partial charge on any atom is -0.496 e. The number of nitrogen functional groups attached to an aromatic ring is 1. The van der Waals surface area contributed by atoms with Crippen molar-refractivity contribution in [1.82, 2.24) is 34.6 Å². The van der Waals surface area contributed by atoms with Gasteiger partial charge in [0.05, 0.1) is 25.1 Å². The summed E-state index contributed by atoms with van der Waals surface area (Å²) >= 11 is 0. The molecule has 4 N–H and O–H groups in total. The summed E-state index contributed by atoms with van der Waals surface area (Å²) in [5.41, 5.74) is 9.98. The van der Waals surface area contributed by atoms with Crippen molar-refractivity contribution < 1.29 is 23.9 Å². The quantitative estimate of drug-likeness (QED) is 0.0435. The molecule has 0 saturated carbocycles. The molecule has 322 valence electrons. The van der Waals surface area contributed by atoms with Gasteiger partial charge in [-0.25, -0.2) is 4.98 Å². The van der Waals surface area contributed by atoms with Crippen molar-refractivity contribution in [3.63, 3.8) is 0 Å². The number of likely N-dealkylation sites (tertiary alicyclic amines) is 1. The van der Waals surface area contributed by atoms with Gasteiger partial charge >= 0.3 is 0 Å². The van der Waals surface area contributed by atoms with E-state index in [0.717, 1.165) is 85.6 Å². The van der Waals surface area contributed by atoms with Gasteiger partial charge in [0, 0.05) is 93.9 Å². The fourth-order valence-corrected chi connectivity index (χ4v) is 9.87. The summed E-state index contributed by atoms with van der Waals surface area (Å²) in [5.74, 6) is 1.87. The van der Waals surface area contributed by atoms with Crippen LogP contribution in [-0.2, 0) is 32.3 Å². The van der Waals surface area contributed by atoms with Crippen LogP contribution in [0.5, 0.6) is 5.75 Å². The Morgan fingerprint density at radius 1 is 1.05 bits per heavy atom. The lowest BCUT2D eigenvalue weighted by Gasteiger charge is -2.35. The van der Waals surface area contributed by atoms with Crippen molar-refractivity contribution in [2.45, 2.75) is 96.9 Å². The van der Waals surface area contributed by atoms with Gasteiger partial charge in [-0.05, 0) is 57.7 Å². The molecule has 16 heteroatoms. The number of hydrogen-bond acceptors (Lipinski definition) is 12. The molecule has 4 amide bonds. The van der Waals surface area contributed by atoms with E-state index < -0.39 is 0 Å². The van der Waals surface area contributed by atoms with Crippen molar-refractivity contribution in [1.29, 1.82) is 0 Å². The maximum atomic E-state index is 13.2. The van der Waals surface area contributed by atoms with Crippen LogP contribution in [0.3, 0.4) is 0 Å². The third kappa shape index (κ3) is 13.4. The van der Waals surface area contributed by atoms with Gasteiger partial charge in [0.15, 0.2) is 5.82 Å². The number of piperazine rings is 1. The summed E-state index contributed by atoms with van der Waals surface area (Å²) in [7, 11) is 5.11. The summed E-state index contributed by atoms with van der Waals surface area (Å²) in [6.07, 6.45) is 11.3. The molecular formula is C43H63N9O5S2. The maximum Gasteiger partial charge on any atom is 0.233 e. The number of methoxy groups -OCH3 is 1. The van der Waals surface area contributed by atoms with Gasteiger partial charge in [0.2, 0.25) is 29.6 Å². The monoisotopic (exact) mass is 849 g/mol. The molecule has 5 rings (SSSR count). The first-order chi connectivity index (χ1) is 28.4. The third-order valence-corrected chi connectivity index (χ3v) is 14.2. The molecule has 4 heterocycles. The number of allylic oxidation sites excluding steroid dienone is 2. The average Bonchev–Trinajstić information content (AvgIpc) is 3.74. The number of nitrogens with zero attached hydrogens (tertiary/aromatic N) is 6. The van der Waals surface area contributed by atoms with E-state index in [1.807, 2.05) is 36.2 Å². The number of imide groups is 1. The second-order valence-electron chi connectivity index (χ2n) is 15.9. The molecule has 2 saturated heterocycles. The zero-order valence-electron chi connectivity index (χ0n) is 35.5. The van der Waals surface area contributed by atoms with E-state index >= 15 is 0 Å². The number of fused-ring (bicyclic) bond motifs is 1. The van der Waals surface area contributed by atoms with Crippen molar-refractivity contribution >= 4 is 68.0 Å². The number of nitrogens with two attached hydrogens (primary N) is 1. The number of unbranched alkanes of at least 4 members (excludes halogenated alkanes) is 2.